The van der Waals surface area contributed by atoms with Crippen molar-refractivity contribution in [2.24, 2.45) is 0 Å². The Labute approximate surface area is 136 Å². The van der Waals surface area contributed by atoms with E-state index in [4.69, 9.17) is 4.74 Å². The molecule has 2 aromatic rings. The number of hydrogen-bond acceptors (Lipinski definition) is 2. The number of carbonyl (C=O) groups excluding carboxylic acids is 1. The van der Waals surface area contributed by atoms with E-state index in [9.17, 15) is 9.18 Å². The predicted molar refractivity (Wildman–Crippen MR) is 84.7 cm³/mol. The van der Waals surface area contributed by atoms with Gasteiger partial charge in [-0.2, -0.15) is 0 Å². The van der Waals surface area contributed by atoms with E-state index in [-0.39, 0.29) is 18.3 Å². The average molecular weight is 364 g/mol. The summed E-state index contributed by atoms with van der Waals surface area (Å²) < 4.78 is 20.6. The zero-order chi connectivity index (χ0) is 15.7. The third kappa shape index (κ3) is 2.78. The van der Waals surface area contributed by atoms with Crippen molar-refractivity contribution in [3.05, 3.63) is 69.9 Å². The first-order valence-corrected chi connectivity index (χ1v) is 7.73. The van der Waals surface area contributed by atoms with Gasteiger partial charge >= 0.3 is 0 Å². The molecule has 22 heavy (non-hydrogen) atoms. The van der Waals surface area contributed by atoms with Crippen LogP contribution in [0.25, 0.3) is 0 Å². The Hall–Kier alpha value is -1.72. The molecule has 1 aliphatic rings. The molecule has 1 saturated heterocycles. The van der Waals surface area contributed by atoms with Crippen LogP contribution in [0.4, 0.5) is 4.39 Å². The molecule has 114 valence electrons. The third-order valence-electron chi connectivity index (χ3n) is 3.80. The van der Waals surface area contributed by atoms with E-state index in [0.29, 0.717) is 5.56 Å². The van der Waals surface area contributed by atoms with Gasteiger partial charge in [-0.25, -0.2) is 4.39 Å². The maximum absolute atomic E-state index is 14.1. The van der Waals surface area contributed by atoms with E-state index in [0.717, 1.165) is 10.0 Å². The molecule has 1 heterocycles. The summed E-state index contributed by atoms with van der Waals surface area (Å²) in [5, 5.41) is 2.90. The topological polar surface area (TPSA) is 38.3 Å². The lowest BCUT2D eigenvalue weighted by Gasteiger charge is -2.38. The van der Waals surface area contributed by atoms with Crippen LogP contribution in [0.15, 0.2) is 53.0 Å². The lowest BCUT2D eigenvalue weighted by Crippen LogP contribution is -2.54. The summed E-state index contributed by atoms with van der Waals surface area (Å²) in [6.45, 7) is 1.96. The largest absolute Gasteiger partial charge is 0.361 e. The fourth-order valence-electron chi connectivity index (χ4n) is 2.64. The van der Waals surface area contributed by atoms with Crippen LogP contribution in [0.3, 0.4) is 0 Å². The Bertz CT molecular complexity index is 707. The summed E-state index contributed by atoms with van der Waals surface area (Å²) in [6, 6.07) is 13.9. The monoisotopic (exact) mass is 363 g/mol. The van der Waals surface area contributed by atoms with Crippen LogP contribution >= 0.6 is 15.9 Å². The van der Waals surface area contributed by atoms with Crippen LogP contribution in [-0.4, -0.2) is 12.5 Å². The molecule has 0 saturated carbocycles. The number of halogens is 2. The SMILES string of the molecule is C[C@@]1(c2cc(Br)ccc2F)CO[C@@H](c2ccccc2)C(=O)N1. The van der Waals surface area contributed by atoms with Crippen molar-refractivity contribution in [3.63, 3.8) is 0 Å². The highest BCUT2D eigenvalue weighted by Crippen LogP contribution is 2.33. The second-order valence-electron chi connectivity index (χ2n) is 5.55. The first-order chi connectivity index (χ1) is 10.5. The van der Waals surface area contributed by atoms with Gasteiger partial charge in [-0.05, 0) is 30.7 Å². The van der Waals surface area contributed by atoms with E-state index in [1.165, 1.54) is 6.07 Å². The minimum atomic E-state index is -0.893. The van der Waals surface area contributed by atoms with E-state index >= 15 is 0 Å². The molecule has 0 radical (unpaired) electrons. The summed E-state index contributed by atoms with van der Waals surface area (Å²) >= 11 is 3.33. The number of hydrogen-bond donors (Lipinski definition) is 1. The molecule has 1 aliphatic heterocycles. The van der Waals surface area contributed by atoms with Crippen LogP contribution in [0.5, 0.6) is 0 Å². The molecular formula is C17H15BrFNO2. The average Bonchev–Trinajstić information content (AvgIpc) is 2.50. The highest BCUT2D eigenvalue weighted by molar-refractivity contribution is 9.10. The van der Waals surface area contributed by atoms with Gasteiger partial charge in [0.2, 0.25) is 0 Å². The molecule has 2 aromatic carbocycles. The Morgan fingerprint density at radius 2 is 2.00 bits per heavy atom. The van der Waals surface area contributed by atoms with E-state index in [2.05, 4.69) is 21.2 Å². The lowest BCUT2D eigenvalue weighted by molar-refractivity contribution is -0.146. The number of rotatable bonds is 2. The zero-order valence-electron chi connectivity index (χ0n) is 12.0. The predicted octanol–water partition coefficient (Wildman–Crippen LogP) is 3.69. The molecule has 1 fully saturated rings. The van der Waals surface area contributed by atoms with Gasteiger partial charge in [0.1, 0.15) is 5.82 Å². The number of nitrogens with one attached hydrogen (secondary N) is 1. The normalized spacial score (nSPS) is 24.9. The number of benzene rings is 2. The van der Waals surface area contributed by atoms with Gasteiger partial charge in [0, 0.05) is 10.0 Å². The van der Waals surface area contributed by atoms with Crippen LogP contribution in [0, 0.1) is 5.82 Å². The maximum atomic E-state index is 14.1. The minimum absolute atomic E-state index is 0.200. The van der Waals surface area contributed by atoms with Gasteiger partial charge in [0.15, 0.2) is 6.10 Å². The fourth-order valence-corrected chi connectivity index (χ4v) is 3.00. The summed E-state index contributed by atoms with van der Waals surface area (Å²) in [5.74, 6) is -0.632. The van der Waals surface area contributed by atoms with Crippen LogP contribution in [-0.2, 0) is 15.1 Å². The van der Waals surface area contributed by atoms with Gasteiger partial charge < -0.3 is 10.1 Å². The number of ether oxygens (including phenoxy) is 1. The smallest absolute Gasteiger partial charge is 0.254 e. The first-order valence-electron chi connectivity index (χ1n) is 6.94. The van der Waals surface area contributed by atoms with Gasteiger partial charge in [0.25, 0.3) is 5.91 Å². The zero-order valence-corrected chi connectivity index (χ0v) is 13.6. The Morgan fingerprint density at radius 3 is 2.68 bits per heavy atom. The highest BCUT2D eigenvalue weighted by atomic mass is 79.9. The van der Waals surface area contributed by atoms with E-state index in [1.807, 2.05) is 30.3 Å². The fraction of sp³-hybridized carbons (Fsp3) is 0.235. The number of amides is 1. The molecule has 0 spiro atoms. The quantitative estimate of drug-likeness (QED) is 0.883. The molecule has 1 amide bonds. The third-order valence-corrected chi connectivity index (χ3v) is 4.29. The van der Waals surface area contributed by atoms with Gasteiger partial charge in [0.05, 0.1) is 12.1 Å². The van der Waals surface area contributed by atoms with Crippen molar-refractivity contribution in [2.45, 2.75) is 18.6 Å². The standard InChI is InChI=1S/C17H15BrFNO2/c1-17(13-9-12(18)7-8-14(13)19)10-22-15(16(21)20-17)11-5-3-2-4-6-11/h2-9,15H,10H2,1H3,(H,20,21)/t15-,17-/m0/s1. The number of morpholine rings is 1. The van der Waals surface area contributed by atoms with Gasteiger partial charge in [-0.3, -0.25) is 4.79 Å². The van der Waals surface area contributed by atoms with Crippen molar-refractivity contribution < 1.29 is 13.9 Å². The molecule has 0 bridgehead atoms. The molecular weight excluding hydrogens is 349 g/mol. The molecule has 1 N–H and O–H groups in total. The van der Waals surface area contributed by atoms with Gasteiger partial charge in [-0.1, -0.05) is 46.3 Å². The summed E-state index contributed by atoms with van der Waals surface area (Å²) in [5.41, 5.74) is 0.300. The van der Waals surface area contributed by atoms with E-state index in [1.54, 1.807) is 19.1 Å². The molecule has 3 nitrogen and oxygen atoms in total. The van der Waals surface area contributed by atoms with Crippen molar-refractivity contribution in [1.82, 2.24) is 5.32 Å². The summed E-state index contributed by atoms with van der Waals surface area (Å²) in [6.07, 6.45) is -0.663. The van der Waals surface area contributed by atoms with Crippen molar-refractivity contribution in [3.8, 4) is 0 Å². The molecule has 0 aromatic heterocycles. The van der Waals surface area contributed by atoms with Crippen molar-refractivity contribution in [2.75, 3.05) is 6.61 Å². The Morgan fingerprint density at radius 1 is 1.27 bits per heavy atom. The molecule has 5 heteroatoms. The summed E-state index contributed by atoms with van der Waals surface area (Å²) in [7, 11) is 0. The molecule has 0 unspecified atom stereocenters. The van der Waals surface area contributed by atoms with Crippen LogP contribution in [0.1, 0.15) is 24.2 Å². The van der Waals surface area contributed by atoms with Crippen LogP contribution in [0.2, 0.25) is 0 Å². The number of carbonyl (C=O) groups is 1. The first kappa shape index (κ1) is 15.2. The van der Waals surface area contributed by atoms with Gasteiger partial charge in [-0.15, -0.1) is 0 Å². The Balaban J connectivity index is 1.88. The van der Waals surface area contributed by atoms with E-state index < -0.39 is 11.6 Å². The molecule has 3 rings (SSSR count). The lowest BCUT2D eigenvalue weighted by atomic mass is 9.90. The van der Waals surface area contributed by atoms with Crippen molar-refractivity contribution >= 4 is 21.8 Å². The molecule has 0 aliphatic carbocycles. The second kappa shape index (κ2) is 5.82. The van der Waals surface area contributed by atoms with Crippen LogP contribution < -0.4 is 5.32 Å². The minimum Gasteiger partial charge on any atom is -0.361 e. The Kier molecular flexibility index (Phi) is 4.02. The second-order valence-corrected chi connectivity index (χ2v) is 6.46. The maximum Gasteiger partial charge on any atom is 0.254 e. The highest BCUT2D eigenvalue weighted by Gasteiger charge is 2.40. The van der Waals surface area contributed by atoms with Crippen molar-refractivity contribution in [1.29, 1.82) is 0 Å². The molecule has 2 atom stereocenters. The summed E-state index contributed by atoms with van der Waals surface area (Å²) in [4.78, 5) is 12.4.